The Kier molecular flexibility index (Phi) is 3.67. The number of aliphatic hydroxyl groups excluding tert-OH is 1. The van der Waals surface area contributed by atoms with Gasteiger partial charge in [-0.1, -0.05) is 47.5 Å². The van der Waals surface area contributed by atoms with Crippen LogP contribution in [0.4, 0.5) is 4.39 Å². The Labute approximate surface area is 108 Å². The second kappa shape index (κ2) is 5.05. The molecule has 0 aliphatic carbocycles. The second-order valence-electron chi connectivity index (χ2n) is 3.56. The highest BCUT2D eigenvalue weighted by atomic mass is 35.5. The third kappa shape index (κ3) is 2.44. The fraction of sp³-hybridized carbons (Fsp3) is 0.0769. The van der Waals surface area contributed by atoms with Gasteiger partial charge >= 0.3 is 0 Å². The highest BCUT2D eigenvalue weighted by molar-refractivity contribution is 6.36. The molecule has 0 radical (unpaired) electrons. The van der Waals surface area contributed by atoms with Gasteiger partial charge in [0.2, 0.25) is 0 Å². The number of halogens is 3. The molecule has 1 unspecified atom stereocenters. The maximum absolute atomic E-state index is 13.5. The fourth-order valence-electron chi connectivity index (χ4n) is 1.62. The van der Waals surface area contributed by atoms with Crippen LogP contribution in [0, 0.1) is 5.82 Å². The Morgan fingerprint density at radius 3 is 2.12 bits per heavy atom. The monoisotopic (exact) mass is 270 g/mol. The normalized spacial score (nSPS) is 12.5. The van der Waals surface area contributed by atoms with Crippen LogP contribution < -0.4 is 0 Å². The highest BCUT2D eigenvalue weighted by Gasteiger charge is 2.19. The van der Waals surface area contributed by atoms with Gasteiger partial charge in [-0.15, -0.1) is 0 Å². The van der Waals surface area contributed by atoms with Gasteiger partial charge in [0, 0.05) is 21.2 Å². The molecule has 0 aliphatic rings. The van der Waals surface area contributed by atoms with Crippen molar-refractivity contribution in [3.63, 3.8) is 0 Å². The predicted octanol–water partition coefficient (Wildman–Crippen LogP) is 4.21. The predicted molar refractivity (Wildman–Crippen MR) is 66.9 cm³/mol. The van der Waals surface area contributed by atoms with Gasteiger partial charge < -0.3 is 5.11 Å². The summed E-state index contributed by atoms with van der Waals surface area (Å²) in [5.41, 5.74) is 0.475. The van der Waals surface area contributed by atoms with E-state index in [9.17, 15) is 9.50 Å². The van der Waals surface area contributed by atoms with Gasteiger partial charge in [-0.05, 0) is 18.2 Å². The van der Waals surface area contributed by atoms with Crippen molar-refractivity contribution in [1.82, 2.24) is 0 Å². The molecule has 2 aromatic carbocycles. The third-order valence-electron chi connectivity index (χ3n) is 2.47. The molecule has 1 nitrogen and oxygen atoms in total. The first kappa shape index (κ1) is 12.4. The SMILES string of the molecule is OC(c1ccccc1F)c1c(Cl)cccc1Cl. The summed E-state index contributed by atoms with van der Waals surface area (Å²) in [6, 6.07) is 10.9. The summed E-state index contributed by atoms with van der Waals surface area (Å²) in [7, 11) is 0. The lowest BCUT2D eigenvalue weighted by molar-refractivity contribution is 0.215. The number of rotatable bonds is 2. The summed E-state index contributed by atoms with van der Waals surface area (Å²) in [6.07, 6.45) is -1.17. The van der Waals surface area contributed by atoms with E-state index in [0.29, 0.717) is 15.6 Å². The summed E-state index contributed by atoms with van der Waals surface area (Å²) in [4.78, 5) is 0. The van der Waals surface area contributed by atoms with E-state index in [1.807, 2.05) is 0 Å². The van der Waals surface area contributed by atoms with Gasteiger partial charge in [-0.2, -0.15) is 0 Å². The molecule has 2 rings (SSSR count). The summed E-state index contributed by atoms with van der Waals surface area (Å²) in [5, 5.41) is 10.8. The molecule has 0 fully saturated rings. The maximum atomic E-state index is 13.5. The van der Waals surface area contributed by atoms with Crippen molar-refractivity contribution in [2.45, 2.75) is 6.10 Å². The first-order valence-electron chi connectivity index (χ1n) is 4.97. The first-order valence-corrected chi connectivity index (χ1v) is 5.73. The van der Waals surface area contributed by atoms with Crippen molar-refractivity contribution in [2.75, 3.05) is 0 Å². The van der Waals surface area contributed by atoms with Gasteiger partial charge in [-0.3, -0.25) is 0 Å². The lowest BCUT2D eigenvalue weighted by Crippen LogP contribution is -2.03. The van der Waals surface area contributed by atoms with E-state index in [-0.39, 0.29) is 5.56 Å². The quantitative estimate of drug-likeness (QED) is 0.867. The minimum absolute atomic E-state index is 0.155. The Morgan fingerprint density at radius 2 is 1.53 bits per heavy atom. The molecule has 2 aromatic rings. The molecule has 1 atom stereocenters. The Balaban J connectivity index is 2.51. The van der Waals surface area contributed by atoms with Crippen molar-refractivity contribution < 1.29 is 9.50 Å². The Bertz CT molecular complexity index is 522. The molecular weight excluding hydrogens is 262 g/mol. The minimum atomic E-state index is -1.17. The van der Waals surface area contributed by atoms with E-state index < -0.39 is 11.9 Å². The number of aliphatic hydroxyl groups is 1. The van der Waals surface area contributed by atoms with Crippen LogP contribution in [0.1, 0.15) is 17.2 Å². The van der Waals surface area contributed by atoms with E-state index >= 15 is 0 Å². The molecule has 0 spiro atoms. The molecule has 88 valence electrons. The lowest BCUT2D eigenvalue weighted by Gasteiger charge is -2.15. The molecule has 0 bridgehead atoms. The molecule has 0 saturated heterocycles. The van der Waals surface area contributed by atoms with Crippen molar-refractivity contribution >= 4 is 23.2 Å². The first-order chi connectivity index (χ1) is 8.11. The zero-order valence-corrected chi connectivity index (χ0v) is 10.2. The van der Waals surface area contributed by atoms with Crippen molar-refractivity contribution in [3.05, 3.63) is 69.5 Å². The van der Waals surface area contributed by atoms with Crippen LogP contribution in [0.3, 0.4) is 0 Å². The van der Waals surface area contributed by atoms with E-state index in [1.165, 1.54) is 12.1 Å². The van der Waals surface area contributed by atoms with Crippen LogP contribution in [0.25, 0.3) is 0 Å². The summed E-state index contributed by atoms with van der Waals surface area (Å²) >= 11 is 11.9. The van der Waals surface area contributed by atoms with Crippen LogP contribution in [0.15, 0.2) is 42.5 Å². The van der Waals surface area contributed by atoms with Crippen LogP contribution in [-0.2, 0) is 0 Å². The topological polar surface area (TPSA) is 20.2 Å². The van der Waals surface area contributed by atoms with Crippen LogP contribution >= 0.6 is 23.2 Å². The van der Waals surface area contributed by atoms with E-state index in [4.69, 9.17) is 23.2 Å². The lowest BCUT2D eigenvalue weighted by atomic mass is 10.0. The molecule has 0 aliphatic heterocycles. The number of hydrogen-bond acceptors (Lipinski definition) is 1. The van der Waals surface area contributed by atoms with Gasteiger partial charge in [0.15, 0.2) is 0 Å². The van der Waals surface area contributed by atoms with Crippen molar-refractivity contribution in [1.29, 1.82) is 0 Å². The molecule has 17 heavy (non-hydrogen) atoms. The average molecular weight is 271 g/mol. The Hall–Kier alpha value is -1.09. The van der Waals surface area contributed by atoms with Gasteiger partial charge in [0.25, 0.3) is 0 Å². The third-order valence-corrected chi connectivity index (χ3v) is 3.13. The summed E-state index contributed by atoms with van der Waals surface area (Å²) in [5.74, 6) is -0.490. The fourth-order valence-corrected chi connectivity index (χ4v) is 2.23. The molecule has 0 heterocycles. The zero-order valence-electron chi connectivity index (χ0n) is 8.70. The van der Waals surface area contributed by atoms with E-state index in [0.717, 1.165) is 0 Å². The van der Waals surface area contributed by atoms with Gasteiger partial charge in [-0.25, -0.2) is 4.39 Å². The zero-order chi connectivity index (χ0) is 12.4. The molecule has 4 heteroatoms. The minimum Gasteiger partial charge on any atom is -0.383 e. The Morgan fingerprint density at radius 1 is 0.941 bits per heavy atom. The molecule has 0 amide bonds. The van der Waals surface area contributed by atoms with Crippen LogP contribution in [0.2, 0.25) is 10.0 Å². The standard InChI is InChI=1S/C13H9Cl2FO/c14-9-5-3-6-10(15)12(9)13(17)8-4-1-2-7-11(8)16/h1-7,13,17H. The molecule has 0 aromatic heterocycles. The van der Waals surface area contributed by atoms with Crippen LogP contribution in [0.5, 0.6) is 0 Å². The average Bonchev–Trinajstić information content (AvgIpc) is 2.29. The van der Waals surface area contributed by atoms with Crippen LogP contribution in [-0.4, -0.2) is 5.11 Å². The van der Waals surface area contributed by atoms with E-state index in [1.54, 1.807) is 30.3 Å². The number of hydrogen-bond donors (Lipinski definition) is 1. The second-order valence-corrected chi connectivity index (χ2v) is 4.37. The molecular formula is C13H9Cl2FO. The smallest absolute Gasteiger partial charge is 0.129 e. The summed E-state index contributed by atoms with van der Waals surface area (Å²) in [6.45, 7) is 0. The van der Waals surface area contributed by atoms with E-state index in [2.05, 4.69) is 0 Å². The number of benzene rings is 2. The highest BCUT2D eigenvalue weighted by Crippen LogP contribution is 2.34. The summed E-state index contributed by atoms with van der Waals surface area (Å²) < 4.78 is 13.5. The maximum Gasteiger partial charge on any atom is 0.129 e. The van der Waals surface area contributed by atoms with Crippen molar-refractivity contribution in [3.8, 4) is 0 Å². The largest absolute Gasteiger partial charge is 0.383 e. The molecule has 0 saturated carbocycles. The van der Waals surface area contributed by atoms with Gasteiger partial charge in [0.05, 0.1) is 0 Å². The van der Waals surface area contributed by atoms with Crippen molar-refractivity contribution in [2.24, 2.45) is 0 Å². The molecule has 1 N–H and O–H groups in total. The van der Waals surface area contributed by atoms with Gasteiger partial charge in [0.1, 0.15) is 11.9 Å².